The Hall–Kier alpha value is -1.54. The minimum atomic E-state index is 0.133. The molecule has 0 atom stereocenters. The minimum absolute atomic E-state index is 0.133. The van der Waals surface area contributed by atoms with Crippen LogP contribution in [-0.4, -0.2) is 0 Å². The molecule has 44 valence electrons. The van der Waals surface area contributed by atoms with Crippen LogP contribution in [0.25, 0.3) is 0 Å². The predicted octanol–water partition coefficient (Wildman–Crippen LogP) is 1.54. The van der Waals surface area contributed by atoms with Crippen LogP contribution in [0, 0.1) is 22.7 Å². The average molecular weight is 118 g/mol. The van der Waals surface area contributed by atoms with Gasteiger partial charge in [0.2, 0.25) is 0 Å². The number of rotatable bonds is 1. The van der Waals surface area contributed by atoms with E-state index in [-0.39, 0.29) is 5.57 Å². The van der Waals surface area contributed by atoms with Gasteiger partial charge in [0.15, 0.2) is 0 Å². The van der Waals surface area contributed by atoms with Gasteiger partial charge in [-0.15, -0.1) is 0 Å². The van der Waals surface area contributed by atoms with E-state index in [0.29, 0.717) is 0 Å². The van der Waals surface area contributed by atoms with Crippen molar-refractivity contribution < 1.29 is 0 Å². The number of nitriles is 2. The third-order valence-corrected chi connectivity index (χ3v) is 0.696. The summed E-state index contributed by atoms with van der Waals surface area (Å²) < 4.78 is 0. The van der Waals surface area contributed by atoms with Crippen LogP contribution in [0.4, 0.5) is 0 Å². The van der Waals surface area contributed by atoms with Crippen molar-refractivity contribution in [2.75, 3.05) is 0 Å². The van der Waals surface area contributed by atoms with Gasteiger partial charge in [-0.25, -0.2) is 0 Å². The van der Waals surface area contributed by atoms with Crippen LogP contribution >= 0.6 is 0 Å². The second-order valence-corrected chi connectivity index (χ2v) is 1.33. The molecule has 0 aromatic carbocycles. The van der Waals surface area contributed by atoms with Gasteiger partial charge >= 0.3 is 0 Å². The maximum Gasteiger partial charge on any atom is 0.129 e. The van der Waals surface area contributed by atoms with Gasteiger partial charge in [0.1, 0.15) is 17.7 Å². The Bertz CT molecular complexity index is 194. The van der Waals surface area contributed by atoms with Crippen molar-refractivity contribution in [2.24, 2.45) is 0 Å². The largest absolute Gasteiger partial charge is 0.192 e. The Morgan fingerprint density at radius 3 is 2.22 bits per heavy atom. The Morgan fingerprint density at radius 2 is 1.89 bits per heavy atom. The lowest BCUT2D eigenvalue weighted by Gasteiger charge is -1.72. The van der Waals surface area contributed by atoms with E-state index in [1.165, 1.54) is 6.08 Å². The molecule has 2 nitrogen and oxygen atoms in total. The van der Waals surface area contributed by atoms with E-state index in [0.717, 1.165) is 0 Å². The minimum Gasteiger partial charge on any atom is -0.192 e. The molecule has 0 aromatic heterocycles. The van der Waals surface area contributed by atoms with E-state index >= 15 is 0 Å². The van der Waals surface area contributed by atoms with Crippen LogP contribution in [0.3, 0.4) is 0 Å². The number of allylic oxidation sites excluding steroid dienone is 4. The van der Waals surface area contributed by atoms with E-state index in [2.05, 4.69) is 0 Å². The SMILES string of the molecule is CC=CC=C(C#N)C#N. The zero-order valence-corrected chi connectivity index (χ0v) is 5.13. The van der Waals surface area contributed by atoms with Gasteiger partial charge < -0.3 is 0 Å². The molecule has 0 fully saturated rings. The molecule has 0 rings (SSSR count). The van der Waals surface area contributed by atoms with Gasteiger partial charge in [-0.3, -0.25) is 0 Å². The van der Waals surface area contributed by atoms with Crippen LogP contribution in [0.15, 0.2) is 23.8 Å². The predicted molar refractivity (Wildman–Crippen MR) is 34.1 cm³/mol. The van der Waals surface area contributed by atoms with Crippen molar-refractivity contribution >= 4 is 0 Å². The summed E-state index contributed by atoms with van der Waals surface area (Å²) in [7, 11) is 0. The Balaban J connectivity index is 4.18. The summed E-state index contributed by atoms with van der Waals surface area (Å²) in [4.78, 5) is 0. The molecule has 0 spiro atoms. The topological polar surface area (TPSA) is 47.6 Å². The standard InChI is InChI=1S/C7H6N2/c1-2-3-4-7(5-8)6-9/h2-4H,1H3. The molecule has 0 aliphatic carbocycles. The lowest BCUT2D eigenvalue weighted by atomic mass is 10.3. The zero-order valence-electron chi connectivity index (χ0n) is 5.13. The molecule has 0 aliphatic rings. The van der Waals surface area contributed by atoms with Crippen molar-refractivity contribution in [3.8, 4) is 12.1 Å². The summed E-state index contributed by atoms with van der Waals surface area (Å²) in [6.45, 7) is 1.82. The van der Waals surface area contributed by atoms with Crippen LogP contribution in [0.5, 0.6) is 0 Å². The molecule has 0 aliphatic heterocycles. The van der Waals surface area contributed by atoms with Crippen LogP contribution in [0.2, 0.25) is 0 Å². The summed E-state index contributed by atoms with van der Waals surface area (Å²) in [5.41, 5.74) is 0.133. The normalized spacial score (nSPS) is 7.89. The van der Waals surface area contributed by atoms with Gasteiger partial charge in [0.25, 0.3) is 0 Å². The summed E-state index contributed by atoms with van der Waals surface area (Å²) in [6.07, 6.45) is 4.89. The highest BCUT2D eigenvalue weighted by Gasteiger charge is 1.83. The van der Waals surface area contributed by atoms with Gasteiger partial charge in [-0.2, -0.15) is 10.5 Å². The van der Waals surface area contributed by atoms with Crippen molar-refractivity contribution in [3.63, 3.8) is 0 Å². The smallest absolute Gasteiger partial charge is 0.129 e. The first-order chi connectivity index (χ1) is 4.35. The zero-order chi connectivity index (χ0) is 7.11. The van der Waals surface area contributed by atoms with Crippen LogP contribution < -0.4 is 0 Å². The maximum absolute atomic E-state index is 8.18. The number of hydrogen-bond acceptors (Lipinski definition) is 2. The first kappa shape index (κ1) is 7.46. The molecular formula is C7H6N2. The Labute approximate surface area is 54.3 Å². The molecule has 0 bridgehead atoms. The highest BCUT2D eigenvalue weighted by molar-refractivity contribution is 5.37. The van der Waals surface area contributed by atoms with Crippen molar-refractivity contribution in [2.45, 2.75) is 6.92 Å². The molecule has 0 N–H and O–H groups in total. The summed E-state index contributed by atoms with van der Waals surface area (Å²) >= 11 is 0. The highest BCUT2D eigenvalue weighted by atomic mass is 14.3. The molecule has 0 radical (unpaired) electrons. The van der Waals surface area contributed by atoms with Gasteiger partial charge in [-0.1, -0.05) is 12.2 Å². The first-order valence-electron chi connectivity index (χ1n) is 2.48. The molecule has 0 saturated heterocycles. The van der Waals surface area contributed by atoms with Crippen molar-refractivity contribution in [3.05, 3.63) is 23.8 Å². The molecule has 2 heteroatoms. The fourth-order valence-electron chi connectivity index (χ4n) is 0.292. The van der Waals surface area contributed by atoms with Gasteiger partial charge in [-0.05, 0) is 13.0 Å². The molecule has 0 amide bonds. The molecule has 0 unspecified atom stereocenters. The Kier molecular flexibility index (Phi) is 3.83. The summed E-state index contributed by atoms with van der Waals surface area (Å²) in [5.74, 6) is 0. The Morgan fingerprint density at radius 1 is 1.33 bits per heavy atom. The quantitative estimate of drug-likeness (QED) is 0.387. The van der Waals surface area contributed by atoms with Crippen LogP contribution in [-0.2, 0) is 0 Å². The average Bonchev–Trinajstić information content (AvgIpc) is 1.91. The third-order valence-electron chi connectivity index (χ3n) is 0.696. The highest BCUT2D eigenvalue weighted by Crippen LogP contribution is 1.88. The second-order valence-electron chi connectivity index (χ2n) is 1.33. The monoisotopic (exact) mass is 118 g/mol. The number of hydrogen-bond donors (Lipinski definition) is 0. The van der Waals surface area contributed by atoms with E-state index in [1.54, 1.807) is 24.3 Å². The van der Waals surface area contributed by atoms with Crippen molar-refractivity contribution in [1.29, 1.82) is 10.5 Å². The van der Waals surface area contributed by atoms with E-state index in [4.69, 9.17) is 10.5 Å². The number of nitrogens with zero attached hydrogens (tertiary/aromatic N) is 2. The molecule has 9 heavy (non-hydrogen) atoms. The lowest BCUT2D eigenvalue weighted by molar-refractivity contribution is 1.46. The first-order valence-corrected chi connectivity index (χ1v) is 2.48. The lowest BCUT2D eigenvalue weighted by Crippen LogP contribution is -1.66. The summed E-state index contributed by atoms with van der Waals surface area (Å²) in [6, 6.07) is 3.47. The van der Waals surface area contributed by atoms with Gasteiger partial charge in [0, 0.05) is 0 Å². The second kappa shape index (κ2) is 4.61. The molecule has 0 aromatic rings. The summed E-state index contributed by atoms with van der Waals surface area (Å²) in [5, 5.41) is 16.4. The molecule has 0 saturated carbocycles. The fraction of sp³-hybridized carbons (Fsp3) is 0.143. The van der Waals surface area contributed by atoms with E-state index in [1.807, 2.05) is 6.92 Å². The van der Waals surface area contributed by atoms with E-state index < -0.39 is 0 Å². The van der Waals surface area contributed by atoms with Crippen LogP contribution in [0.1, 0.15) is 6.92 Å². The van der Waals surface area contributed by atoms with E-state index in [9.17, 15) is 0 Å². The fourth-order valence-corrected chi connectivity index (χ4v) is 0.292. The molecular weight excluding hydrogens is 112 g/mol. The van der Waals surface area contributed by atoms with Gasteiger partial charge in [0.05, 0.1) is 0 Å². The molecule has 0 heterocycles. The van der Waals surface area contributed by atoms with Crippen molar-refractivity contribution in [1.82, 2.24) is 0 Å². The maximum atomic E-state index is 8.18. The third kappa shape index (κ3) is 3.08.